The summed E-state index contributed by atoms with van der Waals surface area (Å²) in [5, 5.41) is 8.65. The molecule has 43 heavy (non-hydrogen) atoms. The van der Waals surface area contributed by atoms with Crippen molar-refractivity contribution in [3.8, 4) is 27.9 Å². The van der Waals surface area contributed by atoms with Gasteiger partial charge in [-0.3, -0.25) is 0 Å². The minimum atomic E-state index is 1.07. The zero-order valence-corrected chi connectivity index (χ0v) is 24.0. The molecule has 0 saturated heterocycles. The highest BCUT2D eigenvalue weighted by molar-refractivity contribution is 6.11. The van der Waals surface area contributed by atoms with Crippen LogP contribution < -0.4 is 5.32 Å². The van der Waals surface area contributed by atoms with Crippen LogP contribution in [-0.4, -0.2) is 4.57 Å². The van der Waals surface area contributed by atoms with E-state index >= 15 is 0 Å². The molecule has 7 aromatic carbocycles. The molecule has 1 aromatic heterocycles. The summed E-state index contributed by atoms with van der Waals surface area (Å²) in [6, 6.07) is 56.8. The summed E-state index contributed by atoms with van der Waals surface area (Å²) in [5.74, 6) is 0. The lowest BCUT2D eigenvalue weighted by Crippen LogP contribution is -1.94. The summed E-state index contributed by atoms with van der Waals surface area (Å²) in [7, 11) is 0. The molecule has 0 radical (unpaired) electrons. The van der Waals surface area contributed by atoms with Crippen LogP contribution in [0.4, 0.5) is 11.4 Å². The molecule has 0 saturated carbocycles. The van der Waals surface area contributed by atoms with Crippen LogP contribution in [-0.2, 0) is 0 Å². The number of benzene rings is 7. The average molecular weight is 551 g/mol. The first-order chi connectivity index (χ1) is 21.2. The molecule has 2 nitrogen and oxygen atoms in total. The molecule has 0 fully saturated rings. The summed E-state index contributed by atoms with van der Waals surface area (Å²) in [6.45, 7) is 2.13. The summed E-state index contributed by atoms with van der Waals surface area (Å²) in [6.07, 6.45) is 0. The molecule has 1 N–H and O–H groups in total. The van der Waals surface area contributed by atoms with Gasteiger partial charge in [-0.25, -0.2) is 0 Å². The van der Waals surface area contributed by atoms with Crippen molar-refractivity contribution in [2.24, 2.45) is 0 Å². The lowest BCUT2D eigenvalue weighted by molar-refractivity contribution is 1.18. The smallest absolute Gasteiger partial charge is 0.0542 e. The van der Waals surface area contributed by atoms with Crippen LogP contribution in [0.3, 0.4) is 0 Å². The third kappa shape index (κ3) is 4.64. The Kier molecular flexibility index (Phi) is 6.05. The van der Waals surface area contributed by atoms with Gasteiger partial charge in [0.15, 0.2) is 0 Å². The number of fused-ring (bicyclic) bond motifs is 4. The fraction of sp³-hybridized carbons (Fsp3) is 0.0244. The molecule has 2 heteroatoms. The summed E-state index contributed by atoms with van der Waals surface area (Å²) < 4.78 is 2.37. The molecule has 1 heterocycles. The van der Waals surface area contributed by atoms with Crippen LogP contribution >= 0.6 is 0 Å². The second kappa shape index (κ2) is 10.3. The van der Waals surface area contributed by atoms with Gasteiger partial charge in [-0.15, -0.1) is 0 Å². The third-order valence-electron chi connectivity index (χ3n) is 8.42. The standard InChI is InChI=1S/C41H30N2/c1-28-11-13-30(14-12-28)34-19-23-40-38(26-34)39-27-36(22-24-41(39)43(40)37-9-3-2-4-10-37)42-35-20-17-31(18-21-35)33-16-15-29-7-5-6-8-32(29)25-33/h2-27,42H,1H3. The van der Waals surface area contributed by atoms with E-state index in [9.17, 15) is 0 Å². The van der Waals surface area contributed by atoms with Gasteiger partial charge in [0.05, 0.1) is 11.0 Å². The summed E-state index contributed by atoms with van der Waals surface area (Å²) in [5.41, 5.74) is 11.9. The monoisotopic (exact) mass is 550 g/mol. The first kappa shape index (κ1) is 25.1. The van der Waals surface area contributed by atoms with Gasteiger partial charge >= 0.3 is 0 Å². The number of nitrogens with zero attached hydrogens (tertiary/aromatic N) is 1. The molecule has 0 spiro atoms. The minimum absolute atomic E-state index is 1.07. The highest BCUT2D eigenvalue weighted by Gasteiger charge is 2.14. The summed E-state index contributed by atoms with van der Waals surface area (Å²) >= 11 is 0. The van der Waals surface area contributed by atoms with E-state index in [-0.39, 0.29) is 0 Å². The fourth-order valence-corrected chi connectivity index (χ4v) is 6.16. The molecule has 0 aliphatic carbocycles. The Balaban J connectivity index is 1.18. The van der Waals surface area contributed by atoms with Gasteiger partial charge in [-0.2, -0.15) is 0 Å². The predicted octanol–water partition coefficient (Wildman–Crippen LogP) is 11.3. The van der Waals surface area contributed by atoms with Gasteiger partial charge in [-0.1, -0.05) is 103 Å². The zero-order valence-electron chi connectivity index (χ0n) is 24.0. The lowest BCUT2D eigenvalue weighted by atomic mass is 10.0. The van der Waals surface area contributed by atoms with Crippen molar-refractivity contribution in [3.63, 3.8) is 0 Å². The van der Waals surface area contributed by atoms with Crippen molar-refractivity contribution in [2.45, 2.75) is 6.92 Å². The van der Waals surface area contributed by atoms with Crippen molar-refractivity contribution >= 4 is 44.0 Å². The van der Waals surface area contributed by atoms with Crippen LogP contribution in [0.2, 0.25) is 0 Å². The molecular weight excluding hydrogens is 520 g/mol. The number of aromatic nitrogens is 1. The van der Waals surface area contributed by atoms with Gasteiger partial charge in [0.1, 0.15) is 0 Å². The van der Waals surface area contributed by atoms with Gasteiger partial charge in [0, 0.05) is 27.8 Å². The minimum Gasteiger partial charge on any atom is -0.356 e. The van der Waals surface area contributed by atoms with Crippen molar-refractivity contribution in [2.75, 3.05) is 5.32 Å². The van der Waals surface area contributed by atoms with Gasteiger partial charge < -0.3 is 9.88 Å². The second-order valence-corrected chi connectivity index (χ2v) is 11.3. The highest BCUT2D eigenvalue weighted by Crippen LogP contribution is 2.37. The van der Waals surface area contributed by atoms with E-state index in [1.54, 1.807) is 0 Å². The normalized spacial score (nSPS) is 11.4. The van der Waals surface area contributed by atoms with Crippen LogP contribution in [0.1, 0.15) is 5.56 Å². The maximum atomic E-state index is 3.66. The number of hydrogen-bond acceptors (Lipinski definition) is 1. The number of hydrogen-bond donors (Lipinski definition) is 1. The number of para-hydroxylation sites is 1. The first-order valence-electron chi connectivity index (χ1n) is 14.8. The van der Waals surface area contributed by atoms with Crippen LogP contribution in [0.5, 0.6) is 0 Å². The Hall–Kier alpha value is -5.60. The fourth-order valence-electron chi connectivity index (χ4n) is 6.16. The number of rotatable bonds is 5. The van der Waals surface area contributed by atoms with Gasteiger partial charge in [0.25, 0.3) is 0 Å². The largest absolute Gasteiger partial charge is 0.356 e. The van der Waals surface area contributed by atoms with E-state index in [4.69, 9.17) is 0 Å². The van der Waals surface area contributed by atoms with Crippen LogP contribution in [0, 0.1) is 6.92 Å². The first-order valence-corrected chi connectivity index (χ1v) is 14.8. The Bertz CT molecular complexity index is 2240. The molecule has 0 atom stereocenters. The topological polar surface area (TPSA) is 17.0 Å². The van der Waals surface area contributed by atoms with Crippen molar-refractivity contribution in [3.05, 3.63) is 163 Å². The van der Waals surface area contributed by atoms with Gasteiger partial charge in [0.2, 0.25) is 0 Å². The van der Waals surface area contributed by atoms with Gasteiger partial charge in [-0.05, 0) is 101 Å². The second-order valence-electron chi connectivity index (χ2n) is 11.3. The lowest BCUT2D eigenvalue weighted by Gasteiger charge is -2.10. The van der Waals surface area contributed by atoms with Crippen LogP contribution in [0.15, 0.2) is 158 Å². The highest BCUT2D eigenvalue weighted by atomic mass is 15.0. The predicted molar refractivity (Wildman–Crippen MR) is 184 cm³/mol. The molecule has 0 aliphatic rings. The third-order valence-corrected chi connectivity index (χ3v) is 8.42. The molecule has 204 valence electrons. The Morgan fingerprint density at radius 2 is 0.977 bits per heavy atom. The van der Waals surface area contributed by atoms with E-state index in [0.717, 1.165) is 17.1 Å². The quantitative estimate of drug-likeness (QED) is 0.225. The number of anilines is 2. The molecular formula is C41H30N2. The molecule has 0 bridgehead atoms. The van der Waals surface area contributed by atoms with E-state index in [1.165, 1.54) is 60.4 Å². The molecule has 0 amide bonds. The molecule has 0 aliphatic heterocycles. The molecule has 8 aromatic rings. The Morgan fingerprint density at radius 3 is 1.74 bits per heavy atom. The number of aryl methyl sites for hydroxylation is 1. The zero-order chi connectivity index (χ0) is 28.8. The van der Waals surface area contributed by atoms with Crippen molar-refractivity contribution < 1.29 is 0 Å². The average Bonchev–Trinajstić information content (AvgIpc) is 3.38. The SMILES string of the molecule is Cc1ccc(-c2ccc3c(c2)c2cc(Nc4ccc(-c5ccc6ccccc6c5)cc4)ccc2n3-c2ccccc2)cc1. The van der Waals surface area contributed by atoms with E-state index in [0.29, 0.717) is 0 Å². The molecule has 0 unspecified atom stereocenters. The maximum Gasteiger partial charge on any atom is 0.0542 e. The van der Waals surface area contributed by atoms with Crippen molar-refractivity contribution in [1.29, 1.82) is 0 Å². The maximum absolute atomic E-state index is 3.66. The number of nitrogens with one attached hydrogen (secondary N) is 1. The van der Waals surface area contributed by atoms with Crippen molar-refractivity contribution in [1.82, 2.24) is 4.57 Å². The summed E-state index contributed by atoms with van der Waals surface area (Å²) in [4.78, 5) is 0. The Morgan fingerprint density at radius 1 is 0.419 bits per heavy atom. The Labute approximate surface area is 251 Å². The molecule has 8 rings (SSSR count). The van der Waals surface area contributed by atoms with Crippen LogP contribution in [0.25, 0.3) is 60.5 Å². The van der Waals surface area contributed by atoms with E-state index in [1.807, 2.05) is 0 Å². The van der Waals surface area contributed by atoms with E-state index in [2.05, 4.69) is 175 Å². The van der Waals surface area contributed by atoms with E-state index < -0.39 is 0 Å².